The lowest BCUT2D eigenvalue weighted by molar-refractivity contribution is 0.223. The molecule has 0 radical (unpaired) electrons. The van der Waals surface area contributed by atoms with E-state index in [1.165, 1.54) is 77.9 Å². The van der Waals surface area contributed by atoms with Crippen LogP contribution in [0.1, 0.15) is 39.0 Å². The molecular weight excluding hydrogens is 222 g/mol. The predicted octanol–water partition coefficient (Wildman–Crippen LogP) is 1.70. The monoisotopic (exact) mass is 253 g/mol. The number of nitrogens with zero attached hydrogens (tertiary/aromatic N) is 1. The second-order valence-corrected chi connectivity index (χ2v) is 6.30. The van der Waals surface area contributed by atoms with Crippen LogP contribution in [-0.4, -0.2) is 50.7 Å². The molecular formula is C15H31N3. The molecule has 1 aliphatic carbocycles. The lowest BCUT2D eigenvalue weighted by atomic mass is 10.1. The van der Waals surface area contributed by atoms with Gasteiger partial charge in [0.05, 0.1) is 0 Å². The van der Waals surface area contributed by atoms with Crippen LogP contribution in [0.25, 0.3) is 0 Å². The quantitative estimate of drug-likeness (QED) is 0.801. The Balaban J connectivity index is 1.71. The lowest BCUT2D eigenvalue weighted by Crippen LogP contribution is -2.37. The number of hydrogen-bond acceptors (Lipinski definition) is 3. The third-order valence-electron chi connectivity index (χ3n) is 4.15. The van der Waals surface area contributed by atoms with Gasteiger partial charge in [-0.25, -0.2) is 0 Å². The Kier molecular flexibility index (Phi) is 6.46. The van der Waals surface area contributed by atoms with Crippen LogP contribution in [0, 0.1) is 11.8 Å². The Hall–Kier alpha value is -0.120. The zero-order chi connectivity index (χ0) is 12.6. The third kappa shape index (κ3) is 6.17. The highest BCUT2D eigenvalue weighted by Gasteiger charge is 2.22. The Labute approximate surface area is 113 Å². The van der Waals surface area contributed by atoms with Gasteiger partial charge in [0, 0.05) is 6.54 Å². The molecule has 1 saturated carbocycles. The zero-order valence-electron chi connectivity index (χ0n) is 12.1. The summed E-state index contributed by atoms with van der Waals surface area (Å²) in [5, 5.41) is 7.13. The summed E-state index contributed by atoms with van der Waals surface area (Å²) in [7, 11) is 0. The third-order valence-corrected chi connectivity index (χ3v) is 4.15. The van der Waals surface area contributed by atoms with Crippen LogP contribution >= 0.6 is 0 Å². The fourth-order valence-corrected chi connectivity index (χ4v) is 2.81. The molecule has 3 nitrogen and oxygen atoms in total. The highest BCUT2D eigenvalue weighted by Crippen LogP contribution is 2.32. The van der Waals surface area contributed by atoms with E-state index in [0.717, 1.165) is 11.8 Å². The van der Waals surface area contributed by atoms with Gasteiger partial charge in [0.25, 0.3) is 0 Å². The largest absolute Gasteiger partial charge is 0.317 e. The van der Waals surface area contributed by atoms with Crippen LogP contribution in [0.5, 0.6) is 0 Å². The highest BCUT2D eigenvalue weighted by molar-refractivity contribution is 4.76. The molecule has 2 rings (SSSR count). The summed E-state index contributed by atoms with van der Waals surface area (Å²) in [5.41, 5.74) is 0. The van der Waals surface area contributed by atoms with E-state index in [4.69, 9.17) is 0 Å². The van der Waals surface area contributed by atoms with Crippen LogP contribution in [0.15, 0.2) is 0 Å². The molecule has 0 aromatic carbocycles. The van der Waals surface area contributed by atoms with E-state index in [1.807, 2.05) is 0 Å². The second kappa shape index (κ2) is 8.13. The zero-order valence-corrected chi connectivity index (χ0v) is 12.1. The minimum Gasteiger partial charge on any atom is -0.317 e. The fourth-order valence-electron chi connectivity index (χ4n) is 2.81. The molecule has 1 aliphatic heterocycles. The van der Waals surface area contributed by atoms with Gasteiger partial charge >= 0.3 is 0 Å². The molecule has 1 heterocycles. The smallest absolute Gasteiger partial charge is 0.00192 e. The average molecular weight is 253 g/mol. The molecule has 1 atom stereocenters. The standard InChI is InChI=1S/C15H31N3/c1-14-12-17-8-2-7-16-9-3-10-18(13-14)11-6-15-4-5-15/h14-17H,2-13H2,1H3. The summed E-state index contributed by atoms with van der Waals surface area (Å²) < 4.78 is 0. The molecule has 3 heteroatoms. The van der Waals surface area contributed by atoms with E-state index in [-0.39, 0.29) is 0 Å². The Morgan fingerprint density at radius 2 is 1.83 bits per heavy atom. The summed E-state index contributed by atoms with van der Waals surface area (Å²) in [4.78, 5) is 2.70. The van der Waals surface area contributed by atoms with Crippen molar-refractivity contribution in [2.24, 2.45) is 11.8 Å². The second-order valence-electron chi connectivity index (χ2n) is 6.30. The van der Waals surface area contributed by atoms with Crippen molar-refractivity contribution >= 4 is 0 Å². The van der Waals surface area contributed by atoms with Crippen molar-refractivity contribution in [3.63, 3.8) is 0 Å². The lowest BCUT2D eigenvalue weighted by Gasteiger charge is -2.26. The molecule has 2 fully saturated rings. The van der Waals surface area contributed by atoms with Crippen molar-refractivity contribution in [1.29, 1.82) is 0 Å². The summed E-state index contributed by atoms with van der Waals surface area (Å²) in [6, 6.07) is 0. The Morgan fingerprint density at radius 1 is 1.06 bits per heavy atom. The van der Waals surface area contributed by atoms with Crippen LogP contribution in [0.3, 0.4) is 0 Å². The molecule has 0 bridgehead atoms. The van der Waals surface area contributed by atoms with E-state index in [9.17, 15) is 0 Å². The molecule has 0 aromatic rings. The van der Waals surface area contributed by atoms with Gasteiger partial charge in [0.1, 0.15) is 0 Å². The first-order valence-corrected chi connectivity index (χ1v) is 7.98. The maximum absolute atomic E-state index is 3.58. The number of rotatable bonds is 3. The summed E-state index contributed by atoms with van der Waals surface area (Å²) in [5.74, 6) is 1.86. The van der Waals surface area contributed by atoms with Gasteiger partial charge in [-0.05, 0) is 70.4 Å². The van der Waals surface area contributed by atoms with Gasteiger partial charge in [0.2, 0.25) is 0 Å². The van der Waals surface area contributed by atoms with Crippen LogP contribution in [-0.2, 0) is 0 Å². The normalized spacial score (nSPS) is 29.5. The van der Waals surface area contributed by atoms with Gasteiger partial charge in [-0.15, -0.1) is 0 Å². The first kappa shape index (κ1) is 14.3. The molecule has 1 saturated heterocycles. The van der Waals surface area contributed by atoms with Crippen LogP contribution in [0.2, 0.25) is 0 Å². The van der Waals surface area contributed by atoms with Gasteiger partial charge in [-0.2, -0.15) is 0 Å². The first-order valence-electron chi connectivity index (χ1n) is 7.98. The van der Waals surface area contributed by atoms with Gasteiger partial charge < -0.3 is 15.5 Å². The molecule has 106 valence electrons. The summed E-state index contributed by atoms with van der Waals surface area (Å²) in [6.45, 7) is 11.0. The van der Waals surface area contributed by atoms with E-state index in [2.05, 4.69) is 22.5 Å². The maximum atomic E-state index is 3.58. The number of hydrogen-bond donors (Lipinski definition) is 2. The maximum Gasteiger partial charge on any atom is 0.00192 e. The fraction of sp³-hybridized carbons (Fsp3) is 1.00. The molecule has 0 amide bonds. The molecule has 2 N–H and O–H groups in total. The van der Waals surface area contributed by atoms with Crippen LogP contribution < -0.4 is 10.6 Å². The van der Waals surface area contributed by atoms with Gasteiger partial charge in [-0.1, -0.05) is 19.8 Å². The molecule has 18 heavy (non-hydrogen) atoms. The van der Waals surface area contributed by atoms with Crippen molar-refractivity contribution in [3.05, 3.63) is 0 Å². The highest BCUT2D eigenvalue weighted by atomic mass is 15.1. The molecule has 2 aliphatic rings. The van der Waals surface area contributed by atoms with Crippen molar-refractivity contribution < 1.29 is 0 Å². The minimum atomic E-state index is 0.789. The summed E-state index contributed by atoms with van der Waals surface area (Å²) >= 11 is 0. The van der Waals surface area contributed by atoms with Gasteiger partial charge in [-0.3, -0.25) is 0 Å². The van der Waals surface area contributed by atoms with Crippen molar-refractivity contribution in [2.45, 2.75) is 39.0 Å². The number of nitrogens with one attached hydrogen (secondary N) is 2. The summed E-state index contributed by atoms with van der Waals surface area (Å²) in [6.07, 6.45) is 7.00. The van der Waals surface area contributed by atoms with E-state index < -0.39 is 0 Å². The van der Waals surface area contributed by atoms with E-state index in [1.54, 1.807) is 0 Å². The van der Waals surface area contributed by atoms with E-state index >= 15 is 0 Å². The predicted molar refractivity (Wildman–Crippen MR) is 77.9 cm³/mol. The minimum absolute atomic E-state index is 0.789. The van der Waals surface area contributed by atoms with Gasteiger partial charge in [0.15, 0.2) is 0 Å². The Bertz CT molecular complexity index is 216. The molecule has 0 spiro atoms. The molecule has 0 aromatic heterocycles. The Morgan fingerprint density at radius 3 is 2.67 bits per heavy atom. The average Bonchev–Trinajstić information content (AvgIpc) is 3.15. The van der Waals surface area contributed by atoms with Crippen molar-refractivity contribution in [3.8, 4) is 0 Å². The van der Waals surface area contributed by atoms with Crippen molar-refractivity contribution in [1.82, 2.24) is 15.5 Å². The first-order chi connectivity index (χ1) is 8.84. The van der Waals surface area contributed by atoms with Crippen molar-refractivity contribution in [2.75, 3.05) is 45.8 Å². The SMILES string of the molecule is CC1CNCCCNCCCN(CCC2CC2)C1. The molecule has 1 unspecified atom stereocenters. The topological polar surface area (TPSA) is 27.3 Å². The van der Waals surface area contributed by atoms with Crippen LogP contribution in [0.4, 0.5) is 0 Å². The van der Waals surface area contributed by atoms with E-state index in [0.29, 0.717) is 0 Å².